The molecule has 17 heavy (non-hydrogen) atoms. The van der Waals surface area contributed by atoms with Crippen molar-refractivity contribution in [2.75, 3.05) is 0 Å². The number of Topliss-reactive ketones (excluding diaryl/α,β-unsaturated/α-hetero) is 1. The van der Waals surface area contributed by atoms with Crippen molar-refractivity contribution in [3.05, 3.63) is 46.9 Å². The van der Waals surface area contributed by atoms with Crippen LogP contribution >= 0.6 is 11.6 Å². The van der Waals surface area contributed by atoms with Gasteiger partial charge in [0.2, 0.25) is 0 Å². The molecule has 0 fully saturated rings. The molecule has 0 N–H and O–H groups in total. The Bertz CT molecular complexity index is 560. The van der Waals surface area contributed by atoms with Crippen molar-refractivity contribution in [2.24, 2.45) is 0 Å². The van der Waals surface area contributed by atoms with Gasteiger partial charge in [-0.15, -0.1) is 0 Å². The minimum absolute atomic E-state index is 0.0242. The largest absolute Gasteiger partial charge is 0.461 e. The molecular weight excluding hydrogens is 243 g/mol. The molecule has 0 aliphatic carbocycles. The molecule has 1 heterocycles. The molecule has 0 amide bonds. The number of halogens is 2. The van der Waals surface area contributed by atoms with E-state index in [9.17, 15) is 9.18 Å². The molecule has 2 nitrogen and oxygen atoms in total. The van der Waals surface area contributed by atoms with E-state index in [-0.39, 0.29) is 17.2 Å². The zero-order valence-corrected chi connectivity index (χ0v) is 9.92. The summed E-state index contributed by atoms with van der Waals surface area (Å²) < 4.78 is 18.4. The predicted molar refractivity (Wildman–Crippen MR) is 63.5 cm³/mol. The van der Waals surface area contributed by atoms with Gasteiger partial charge in [-0.2, -0.15) is 0 Å². The van der Waals surface area contributed by atoms with Crippen LogP contribution in [0.3, 0.4) is 0 Å². The summed E-state index contributed by atoms with van der Waals surface area (Å²) in [5, 5.41) is 0.286. The van der Waals surface area contributed by atoms with E-state index in [1.54, 1.807) is 18.2 Å². The highest BCUT2D eigenvalue weighted by molar-refractivity contribution is 6.33. The Kier molecular flexibility index (Phi) is 3.29. The number of hydrogen-bond donors (Lipinski definition) is 0. The molecule has 1 aromatic carbocycles. The molecule has 0 aliphatic rings. The maximum absolute atomic E-state index is 12.9. The molecule has 0 aliphatic heterocycles. The summed E-state index contributed by atoms with van der Waals surface area (Å²) in [7, 11) is 0. The second-order valence-electron chi connectivity index (χ2n) is 3.77. The van der Waals surface area contributed by atoms with Gasteiger partial charge in [-0.05, 0) is 37.3 Å². The second kappa shape index (κ2) is 4.72. The van der Waals surface area contributed by atoms with E-state index < -0.39 is 5.82 Å². The van der Waals surface area contributed by atoms with Crippen LogP contribution in [0.1, 0.15) is 12.7 Å². The summed E-state index contributed by atoms with van der Waals surface area (Å²) in [6.45, 7) is 1.49. The van der Waals surface area contributed by atoms with Crippen LogP contribution in [0.2, 0.25) is 5.02 Å². The lowest BCUT2D eigenvalue weighted by atomic mass is 10.2. The highest BCUT2D eigenvalue weighted by Crippen LogP contribution is 2.30. The summed E-state index contributed by atoms with van der Waals surface area (Å²) in [4.78, 5) is 10.9. The van der Waals surface area contributed by atoms with E-state index in [4.69, 9.17) is 16.0 Å². The van der Waals surface area contributed by atoms with Gasteiger partial charge in [-0.3, -0.25) is 4.79 Å². The van der Waals surface area contributed by atoms with Gasteiger partial charge < -0.3 is 4.42 Å². The molecule has 2 rings (SSSR count). The molecule has 0 radical (unpaired) electrons. The van der Waals surface area contributed by atoms with E-state index >= 15 is 0 Å². The first-order chi connectivity index (χ1) is 8.06. The van der Waals surface area contributed by atoms with E-state index in [2.05, 4.69) is 0 Å². The summed E-state index contributed by atoms with van der Waals surface area (Å²) in [5.41, 5.74) is 0.614. The highest BCUT2D eigenvalue weighted by atomic mass is 35.5. The quantitative estimate of drug-likeness (QED) is 0.830. The van der Waals surface area contributed by atoms with Crippen molar-refractivity contribution in [3.63, 3.8) is 0 Å². The number of ketones is 1. The van der Waals surface area contributed by atoms with Gasteiger partial charge in [-0.25, -0.2) is 4.39 Å². The second-order valence-corrected chi connectivity index (χ2v) is 4.18. The van der Waals surface area contributed by atoms with Crippen molar-refractivity contribution >= 4 is 17.4 Å². The molecular formula is C13H10ClFO2. The first kappa shape index (κ1) is 11.9. The first-order valence-electron chi connectivity index (χ1n) is 5.10. The Labute approximate surface area is 103 Å². The average Bonchev–Trinajstić information content (AvgIpc) is 2.65. The van der Waals surface area contributed by atoms with Crippen LogP contribution in [0.15, 0.2) is 34.7 Å². The monoisotopic (exact) mass is 252 g/mol. The van der Waals surface area contributed by atoms with Crippen LogP contribution in [-0.2, 0) is 11.2 Å². The summed E-state index contributed by atoms with van der Waals surface area (Å²) in [6.07, 6.45) is 0.249. The smallest absolute Gasteiger partial charge is 0.137 e. The fraction of sp³-hybridized carbons (Fsp3) is 0.154. The number of furan rings is 1. The van der Waals surface area contributed by atoms with Gasteiger partial charge in [0.15, 0.2) is 0 Å². The zero-order valence-electron chi connectivity index (χ0n) is 9.17. The van der Waals surface area contributed by atoms with Crippen molar-refractivity contribution < 1.29 is 13.6 Å². The highest BCUT2D eigenvalue weighted by Gasteiger charge is 2.10. The molecule has 88 valence electrons. The molecule has 0 atom stereocenters. The van der Waals surface area contributed by atoms with Crippen LogP contribution in [-0.4, -0.2) is 5.78 Å². The van der Waals surface area contributed by atoms with E-state index in [0.29, 0.717) is 17.1 Å². The third kappa shape index (κ3) is 2.74. The fourth-order valence-electron chi connectivity index (χ4n) is 1.55. The minimum Gasteiger partial charge on any atom is -0.461 e. The number of carbonyl (C=O) groups excluding carboxylic acids is 1. The number of carbonyl (C=O) groups is 1. The summed E-state index contributed by atoms with van der Waals surface area (Å²) >= 11 is 5.91. The van der Waals surface area contributed by atoms with Crippen molar-refractivity contribution in [1.82, 2.24) is 0 Å². The van der Waals surface area contributed by atoms with Crippen molar-refractivity contribution in [2.45, 2.75) is 13.3 Å². The lowest BCUT2D eigenvalue weighted by molar-refractivity contribution is -0.116. The Balaban J connectivity index is 2.33. The van der Waals surface area contributed by atoms with Crippen LogP contribution in [0.5, 0.6) is 0 Å². The van der Waals surface area contributed by atoms with E-state index in [0.717, 1.165) is 0 Å². The number of benzene rings is 1. The van der Waals surface area contributed by atoms with Crippen LogP contribution in [0, 0.1) is 5.82 Å². The van der Waals surface area contributed by atoms with Crippen molar-refractivity contribution in [3.8, 4) is 11.3 Å². The number of rotatable bonds is 3. The summed E-state index contributed by atoms with van der Waals surface area (Å²) in [6, 6.07) is 7.53. The third-order valence-electron chi connectivity index (χ3n) is 2.28. The van der Waals surface area contributed by atoms with Gasteiger partial charge in [0, 0.05) is 5.56 Å². The van der Waals surface area contributed by atoms with E-state index in [1.165, 1.54) is 19.1 Å². The molecule has 0 bridgehead atoms. The van der Waals surface area contributed by atoms with Crippen LogP contribution < -0.4 is 0 Å². The Morgan fingerprint density at radius 2 is 2.12 bits per heavy atom. The first-order valence-corrected chi connectivity index (χ1v) is 5.47. The Morgan fingerprint density at radius 1 is 1.35 bits per heavy atom. The standard InChI is InChI=1S/C13H10ClFO2/c1-8(16)6-10-3-5-13(17-10)11-4-2-9(15)7-12(11)14/h2-5,7H,6H2,1H3. The predicted octanol–water partition coefficient (Wildman–Crippen LogP) is 3.87. The molecule has 0 spiro atoms. The van der Waals surface area contributed by atoms with Crippen LogP contribution in [0.25, 0.3) is 11.3 Å². The fourth-order valence-corrected chi connectivity index (χ4v) is 1.81. The molecule has 0 saturated heterocycles. The lowest BCUT2D eigenvalue weighted by Crippen LogP contribution is -1.93. The van der Waals surface area contributed by atoms with Gasteiger partial charge >= 0.3 is 0 Å². The van der Waals surface area contributed by atoms with Crippen molar-refractivity contribution in [1.29, 1.82) is 0 Å². The van der Waals surface area contributed by atoms with E-state index in [1.807, 2.05) is 0 Å². The molecule has 0 saturated carbocycles. The third-order valence-corrected chi connectivity index (χ3v) is 2.59. The lowest BCUT2D eigenvalue weighted by Gasteiger charge is -2.00. The molecule has 4 heteroatoms. The number of hydrogen-bond acceptors (Lipinski definition) is 2. The topological polar surface area (TPSA) is 30.2 Å². The Morgan fingerprint density at radius 3 is 2.76 bits per heavy atom. The Hall–Kier alpha value is -1.61. The van der Waals surface area contributed by atoms with Crippen LogP contribution in [0.4, 0.5) is 4.39 Å². The maximum atomic E-state index is 12.9. The molecule has 0 unspecified atom stereocenters. The minimum atomic E-state index is -0.394. The SMILES string of the molecule is CC(=O)Cc1ccc(-c2ccc(F)cc2Cl)o1. The summed E-state index contributed by atoms with van der Waals surface area (Å²) in [5.74, 6) is 0.740. The normalized spacial score (nSPS) is 10.5. The maximum Gasteiger partial charge on any atom is 0.137 e. The molecule has 2 aromatic rings. The van der Waals surface area contributed by atoms with Gasteiger partial charge in [0.1, 0.15) is 23.1 Å². The van der Waals surface area contributed by atoms with Gasteiger partial charge in [0.05, 0.1) is 11.4 Å². The van der Waals surface area contributed by atoms with Gasteiger partial charge in [0.25, 0.3) is 0 Å². The molecule has 1 aromatic heterocycles. The zero-order chi connectivity index (χ0) is 12.4. The van der Waals surface area contributed by atoms with Gasteiger partial charge in [-0.1, -0.05) is 11.6 Å². The average molecular weight is 253 g/mol.